The van der Waals surface area contributed by atoms with Crippen LogP contribution in [0.25, 0.3) is 22.3 Å². The van der Waals surface area contributed by atoms with E-state index in [-0.39, 0.29) is 17.3 Å². The number of alkyl halides is 3. The summed E-state index contributed by atoms with van der Waals surface area (Å²) in [6.45, 7) is 4.09. The fourth-order valence-corrected chi connectivity index (χ4v) is 3.25. The van der Waals surface area contributed by atoms with Gasteiger partial charge in [0, 0.05) is 24.9 Å². The number of aryl methyl sites for hydroxylation is 1. The van der Waals surface area contributed by atoms with Gasteiger partial charge in [-0.05, 0) is 37.6 Å². The van der Waals surface area contributed by atoms with Gasteiger partial charge >= 0.3 is 6.36 Å². The molecule has 5 nitrogen and oxygen atoms in total. The smallest absolute Gasteiger partial charge is 0.496 e. The highest BCUT2D eigenvalue weighted by Crippen LogP contribution is 2.37. The standard InChI is InChI=1S/C20H20F4N2O3/c1-11-7-16-19(15(21)9-26(16)12(2)10-27-3)25-18(11)14-6-5-13(8-17(14)28-4)29-20(22,23)24/h5-9,12H,10H2,1-4H3. The van der Waals surface area contributed by atoms with Crippen LogP contribution in [0.5, 0.6) is 11.5 Å². The van der Waals surface area contributed by atoms with Crippen LogP contribution in [0.4, 0.5) is 17.6 Å². The first kappa shape index (κ1) is 20.9. The lowest BCUT2D eigenvalue weighted by Gasteiger charge is -2.16. The molecule has 0 bridgehead atoms. The maximum absolute atomic E-state index is 14.6. The molecule has 156 valence electrons. The first-order chi connectivity index (χ1) is 13.6. The van der Waals surface area contributed by atoms with Gasteiger partial charge in [-0.3, -0.25) is 0 Å². The quantitative estimate of drug-likeness (QED) is 0.518. The van der Waals surface area contributed by atoms with E-state index >= 15 is 0 Å². The van der Waals surface area contributed by atoms with Crippen molar-refractivity contribution >= 4 is 11.0 Å². The van der Waals surface area contributed by atoms with Crippen LogP contribution in [0.2, 0.25) is 0 Å². The van der Waals surface area contributed by atoms with Gasteiger partial charge in [0.05, 0.1) is 31.0 Å². The molecule has 1 aromatic carbocycles. The van der Waals surface area contributed by atoms with Crippen LogP contribution < -0.4 is 9.47 Å². The summed E-state index contributed by atoms with van der Waals surface area (Å²) in [6.07, 6.45) is -3.45. The Kier molecular flexibility index (Phi) is 5.70. The average Bonchev–Trinajstić information content (AvgIpc) is 2.96. The molecule has 0 fully saturated rings. The van der Waals surface area contributed by atoms with E-state index in [1.165, 1.54) is 25.4 Å². The largest absolute Gasteiger partial charge is 0.573 e. The minimum atomic E-state index is -4.81. The average molecular weight is 412 g/mol. The van der Waals surface area contributed by atoms with Crippen molar-refractivity contribution in [3.63, 3.8) is 0 Å². The van der Waals surface area contributed by atoms with Crippen LogP contribution in [0, 0.1) is 12.7 Å². The Bertz CT molecular complexity index is 1030. The number of nitrogens with zero attached hydrogens (tertiary/aromatic N) is 2. The minimum Gasteiger partial charge on any atom is -0.496 e. The minimum absolute atomic E-state index is 0.104. The highest BCUT2D eigenvalue weighted by atomic mass is 19.4. The van der Waals surface area contributed by atoms with Crippen LogP contribution >= 0.6 is 0 Å². The lowest BCUT2D eigenvalue weighted by Crippen LogP contribution is -2.17. The molecule has 0 aliphatic heterocycles. The summed E-state index contributed by atoms with van der Waals surface area (Å²) in [5, 5.41) is 0. The molecule has 3 rings (SSSR count). The molecule has 0 spiro atoms. The molecule has 0 aliphatic carbocycles. The molecule has 0 amide bonds. The molecule has 0 radical (unpaired) electrons. The number of rotatable bonds is 6. The third-order valence-electron chi connectivity index (χ3n) is 4.49. The van der Waals surface area contributed by atoms with Crippen LogP contribution in [0.1, 0.15) is 18.5 Å². The lowest BCUT2D eigenvalue weighted by atomic mass is 10.0. The molecule has 0 N–H and O–H groups in total. The summed E-state index contributed by atoms with van der Waals surface area (Å²) in [7, 11) is 2.89. The van der Waals surface area contributed by atoms with E-state index < -0.39 is 17.9 Å². The van der Waals surface area contributed by atoms with E-state index in [2.05, 4.69) is 9.72 Å². The molecular weight excluding hydrogens is 392 g/mol. The van der Waals surface area contributed by atoms with Crippen molar-refractivity contribution in [2.24, 2.45) is 0 Å². The number of ether oxygens (including phenoxy) is 3. The SMILES string of the molecule is COCC(C)n1cc(F)c2nc(-c3ccc(OC(F)(F)F)cc3OC)c(C)cc21. The van der Waals surface area contributed by atoms with Gasteiger partial charge in [0.15, 0.2) is 5.82 Å². The third kappa shape index (κ3) is 4.29. The number of pyridine rings is 1. The van der Waals surface area contributed by atoms with Crippen molar-refractivity contribution in [2.45, 2.75) is 26.3 Å². The summed E-state index contributed by atoms with van der Waals surface area (Å²) >= 11 is 0. The van der Waals surface area contributed by atoms with E-state index in [0.717, 1.165) is 6.07 Å². The second kappa shape index (κ2) is 7.90. The predicted octanol–water partition coefficient (Wildman–Crippen LogP) is 5.27. The van der Waals surface area contributed by atoms with Crippen LogP contribution in [-0.2, 0) is 4.74 Å². The Morgan fingerprint density at radius 1 is 1.17 bits per heavy atom. The van der Waals surface area contributed by atoms with Crippen LogP contribution in [0.3, 0.4) is 0 Å². The van der Waals surface area contributed by atoms with Crippen molar-refractivity contribution < 1.29 is 31.8 Å². The molecule has 1 atom stereocenters. The van der Waals surface area contributed by atoms with Gasteiger partial charge in [0.25, 0.3) is 0 Å². The zero-order valence-corrected chi connectivity index (χ0v) is 16.3. The summed E-state index contributed by atoms with van der Waals surface area (Å²) in [4.78, 5) is 4.44. The zero-order valence-electron chi connectivity index (χ0n) is 16.3. The maximum Gasteiger partial charge on any atom is 0.573 e. The highest BCUT2D eigenvalue weighted by Gasteiger charge is 2.31. The number of methoxy groups -OCH3 is 2. The number of benzene rings is 1. The fraction of sp³-hybridized carbons (Fsp3) is 0.350. The number of hydrogen-bond donors (Lipinski definition) is 0. The van der Waals surface area contributed by atoms with Gasteiger partial charge in [-0.1, -0.05) is 0 Å². The van der Waals surface area contributed by atoms with E-state index in [1.54, 1.807) is 24.7 Å². The zero-order chi connectivity index (χ0) is 21.3. The maximum atomic E-state index is 14.6. The predicted molar refractivity (Wildman–Crippen MR) is 99.7 cm³/mol. The third-order valence-corrected chi connectivity index (χ3v) is 4.49. The monoisotopic (exact) mass is 412 g/mol. The van der Waals surface area contributed by atoms with Gasteiger partial charge in [-0.15, -0.1) is 13.2 Å². The fourth-order valence-electron chi connectivity index (χ4n) is 3.25. The van der Waals surface area contributed by atoms with E-state index in [1.807, 2.05) is 6.92 Å². The summed E-state index contributed by atoms with van der Waals surface area (Å²) < 4.78 is 68.0. The topological polar surface area (TPSA) is 45.5 Å². The van der Waals surface area contributed by atoms with Gasteiger partial charge in [0.1, 0.15) is 17.0 Å². The van der Waals surface area contributed by atoms with Crippen molar-refractivity contribution in [1.29, 1.82) is 0 Å². The summed E-state index contributed by atoms with van der Waals surface area (Å²) in [6, 6.07) is 5.37. The van der Waals surface area contributed by atoms with Crippen molar-refractivity contribution in [1.82, 2.24) is 9.55 Å². The molecule has 29 heavy (non-hydrogen) atoms. The summed E-state index contributed by atoms with van der Waals surface area (Å²) in [5.41, 5.74) is 2.31. The first-order valence-corrected chi connectivity index (χ1v) is 8.75. The number of hydrogen-bond acceptors (Lipinski definition) is 4. The van der Waals surface area contributed by atoms with E-state index in [4.69, 9.17) is 9.47 Å². The molecule has 2 aromatic heterocycles. The number of aromatic nitrogens is 2. The number of fused-ring (bicyclic) bond motifs is 1. The van der Waals surface area contributed by atoms with Gasteiger partial charge in [-0.25, -0.2) is 9.37 Å². The molecule has 0 saturated carbocycles. The Balaban J connectivity index is 2.10. The van der Waals surface area contributed by atoms with Gasteiger partial charge < -0.3 is 18.8 Å². The molecule has 2 heterocycles. The number of halogens is 4. The Labute approximate surface area is 164 Å². The van der Waals surface area contributed by atoms with E-state index in [0.29, 0.717) is 28.9 Å². The molecule has 1 unspecified atom stereocenters. The molecule has 0 aliphatic rings. The second-order valence-electron chi connectivity index (χ2n) is 6.62. The Morgan fingerprint density at radius 2 is 1.90 bits per heavy atom. The van der Waals surface area contributed by atoms with Crippen molar-refractivity contribution in [3.05, 3.63) is 41.8 Å². The summed E-state index contributed by atoms with van der Waals surface area (Å²) in [5.74, 6) is -0.781. The Morgan fingerprint density at radius 3 is 2.52 bits per heavy atom. The Hall–Kier alpha value is -2.81. The lowest BCUT2D eigenvalue weighted by molar-refractivity contribution is -0.274. The van der Waals surface area contributed by atoms with E-state index in [9.17, 15) is 17.6 Å². The highest BCUT2D eigenvalue weighted by molar-refractivity contribution is 5.83. The van der Waals surface area contributed by atoms with Gasteiger partial charge in [-0.2, -0.15) is 0 Å². The van der Waals surface area contributed by atoms with Gasteiger partial charge in [0.2, 0.25) is 0 Å². The van der Waals surface area contributed by atoms with Crippen LogP contribution in [0.15, 0.2) is 30.5 Å². The molecular formula is C20H20F4N2O3. The molecule has 9 heteroatoms. The first-order valence-electron chi connectivity index (χ1n) is 8.75. The van der Waals surface area contributed by atoms with Crippen molar-refractivity contribution in [2.75, 3.05) is 20.8 Å². The van der Waals surface area contributed by atoms with Crippen molar-refractivity contribution in [3.8, 4) is 22.8 Å². The normalized spacial score (nSPS) is 13.0. The molecule has 0 saturated heterocycles. The molecule has 3 aromatic rings. The second-order valence-corrected chi connectivity index (χ2v) is 6.62. The van der Waals surface area contributed by atoms with Crippen LogP contribution in [-0.4, -0.2) is 36.7 Å².